The third-order valence-electron chi connectivity index (χ3n) is 1.61. The Labute approximate surface area is 82.1 Å². The van der Waals surface area contributed by atoms with E-state index in [1.807, 2.05) is 20.8 Å². The number of carboxylic acid groups (broad SMARTS) is 1. The van der Waals surface area contributed by atoms with Crippen molar-refractivity contribution in [3.05, 3.63) is 0 Å². The van der Waals surface area contributed by atoms with Crippen LogP contribution in [0.1, 0.15) is 20.8 Å². The van der Waals surface area contributed by atoms with Gasteiger partial charge in [-0.05, 0) is 20.8 Å². The minimum Gasteiger partial charge on any atom is -0.480 e. The van der Waals surface area contributed by atoms with Gasteiger partial charge in [0.15, 0.2) is 6.04 Å². The van der Waals surface area contributed by atoms with Gasteiger partial charge in [-0.25, -0.2) is 4.79 Å². The summed E-state index contributed by atoms with van der Waals surface area (Å²) in [5, 5.41) is 9.61. The lowest BCUT2D eigenvalue weighted by Gasteiger charge is -2.19. The molecule has 0 aromatic rings. The summed E-state index contributed by atoms with van der Waals surface area (Å²) in [5.74, 6) is -0.834. The molecule has 12 heavy (non-hydrogen) atoms. The standard InChI is InChI=1S/C7H11NO2S.ClH/c1-4-8-5(6(9)10)7(2,3)11-4;/h5H,1-3H3,(H,9,10);1H. The molecule has 0 spiro atoms. The van der Waals surface area contributed by atoms with Gasteiger partial charge in [0.25, 0.3) is 0 Å². The fraction of sp³-hybridized carbons (Fsp3) is 0.714. The van der Waals surface area contributed by atoms with Crippen molar-refractivity contribution in [1.29, 1.82) is 0 Å². The molecule has 0 aliphatic carbocycles. The highest BCUT2D eigenvalue weighted by molar-refractivity contribution is 8.15. The Morgan fingerprint density at radius 2 is 2.17 bits per heavy atom. The predicted molar refractivity (Wildman–Crippen MR) is 53.5 cm³/mol. The Morgan fingerprint density at radius 1 is 1.67 bits per heavy atom. The molecular formula is C7H12ClNO2S. The van der Waals surface area contributed by atoms with Crippen LogP contribution in [0.5, 0.6) is 0 Å². The lowest BCUT2D eigenvalue weighted by molar-refractivity contribution is -0.138. The van der Waals surface area contributed by atoms with Crippen LogP contribution in [0.3, 0.4) is 0 Å². The van der Waals surface area contributed by atoms with E-state index < -0.39 is 12.0 Å². The third kappa shape index (κ3) is 2.14. The van der Waals surface area contributed by atoms with Crippen LogP contribution in [0.25, 0.3) is 0 Å². The third-order valence-corrected chi connectivity index (χ3v) is 2.76. The van der Waals surface area contributed by atoms with Gasteiger partial charge in [-0.3, -0.25) is 4.99 Å². The van der Waals surface area contributed by atoms with Crippen molar-refractivity contribution in [3.8, 4) is 0 Å². The molecule has 70 valence electrons. The zero-order valence-electron chi connectivity index (χ0n) is 7.20. The van der Waals surface area contributed by atoms with Crippen molar-refractivity contribution in [2.75, 3.05) is 0 Å². The molecule has 1 N–H and O–H groups in total. The molecule has 0 amide bonds. The molecule has 1 atom stereocenters. The first-order chi connectivity index (χ1) is 4.93. The second-order valence-electron chi connectivity index (χ2n) is 3.09. The molecular weight excluding hydrogens is 198 g/mol. The topological polar surface area (TPSA) is 49.7 Å². The Hall–Kier alpha value is -0.220. The number of hydrogen-bond acceptors (Lipinski definition) is 3. The number of hydrogen-bond donors (Lipinski definition) is 1. The van der Waals surface area contributed by atoms with Crippen molar-refractivity contribution in [3.63, 3.8) is 0 Å². The van der Waals surface area contributed by atoms with Crippen molar-refractivity contribution < 1.29 is 9.90 Å². The van der Waals surface area contributed by atoms with E-state index in [1.165, 1.54) is 11.8 Å². The van der Waals surface area contributed by atoms with Crippen molar-refractivity contribution in [2.24, 2.45) is 4.99 Å². The number of aliphatic imine (C=N–C) groups is 1. The average molecular weight is 210 g/mol. The highest BCUT2D eigenvalue weighted by Gasteiger charge is 2.40. The van der Waals surface area contributed by atoms with E-state index in [1.54, 1.807) is 0 Å². The highest BCUT2D eigenvalue weighted by atomic mass is 35.5. The number of carbonyl (C=O) groups is 1. The number of halogens is 1. The van der Waals surface area contributed by atoms with Gasteiger partial charge in [-0.1, -0.05) is 0 Å². The summed E-state index contributed by atoms with van der Waals surface area (Å²) in [4.78, 5) is 14.7. The van der Waals surface area contributed by atoms with Crippen molar-refractivity contribution >= 4 is 35.2 Å². The lowest BCUT2D eigenvalue weighted by atomic mass is 10.0. The molecule has 5 heteroatoms. The Balaban J connectivity index is 0.00000121. The summed E-state index contributed by atoms with van der Waals surface area (Å²) in [6.45, 7) is 5.64. The summed E-state index contributed by atoms with van der Waals surface area (Å²) in [6.07, 6.45) is 0. The number of thioether (sulfide) groups is 1. The monoisotopic (exact) mass is 209 g/mol. The molecule has 1 unspecified atom stereocenters. The molecule has 3 nitrogen and oxygen atoms in total. The Morgan fingerprint density at radius 3 is 2.33 bits per heavy atom. The molecule has 0 fully saturated rings. The van der Waals surface area contributed by atoms with Crippen LogP contribution in [0.4, 0.5) is 0 Å². The van der Waals surface area contributed by atoms with E-state index in [-0.39, 0.29) is 17.2 Å². The number of nitrogens with zero attached hydrogens (tertiary/aromatic N) is 1. The van der Waals surface area contributed by atoms with E-state index in [0.717, 1.165) is 5.04 Å². The maximum atomic E-state index is 10.6. The minimum absolute atomic E-state index is 0. The van der Waals surface area contributed by atoms with Gasteiger partial charge >= 0.3 is 5.97 Å². The van der Waals surface area contributed by atoms with E-state index >= 15 is 0 Å². The summed E-state index contributed by atoms with van der Waals surface area (Å²) in [5.41, 5.74) is 0. The van der Waals surface area contributed by atoms with E-state index in [9.17, 15) is 4.79 Å². The quantitative estimate of drug-likeness (QED) is 0.717. The Kier molecular flexibility index (Phi) is 3.59. The second kappa shape index (κ2) is 3.66. The normalized spacial score (nSPS) is 25.9. The van der Waals surface area contributed by atoms with Crippen LogP contribution in [0.2, 0.25) is 0 Å². The van der Waals surface area contributed by atoms with Crippen LogP contribution in [-0.4, -0.2) is 26.9 Å². The fourth-order valence-corrected chi connectivity index (χ4v) is 2.34. The van der Waals surface area contributed by atoms with Crippen LogP contribution in [0, 0.1) is 0 Å². The molecule has 0 radical (unpaired) electrons. The zero-order chi connectivity index (χ0) is 8.65. The van der Waals surface area contributed by atoms with Gasteiger partial charge in [0.1, 0.15) is 0 Å². The maximum absolute atomic E-state index is 10.6. The van der Waals surface area contributed by atoms with Gasteiger partial charge < -0.3 is 5.11 Å². The summed E-state index contributed by atoms with van der Waals surface area (Å²) in [6, 6.07) is -0.576. The SMILES string of the molecule is CC1=NC(C(=O)O)C(C)(C)S1.Cl. The van der Waals surface area contributed by atoms with Crippen LogP contribution < -0.4 is 0 Å². The molecule has 0 aromatic carbocycles. The molecule has 1 aliphatic heterocycles. The molecule has 1 heterocycles. The van der Waals surface area contributed by atoms with Gasteiger partial charge in [0, 0.05) is 4.75 Å². The molecule has 0 aromatic heterocycles. The maximum Gasteiger partial charge on any atom is 0.329 e. The van der Waals surface area contributed by atoms with Gasteiger partial charge in [-0.2, -0.15) is 0 Å². The van der Waals surface area contributed by atoms with Crippen molar-refractivity contribution in [2.45, 2.75) is 31.6 Å². The highest BCUT2D eigenvalue weighted by Crippen LogP contribution is 2.37. The molecule has 0 saturated carbocycles. The van der Waals surface area contributed by atoms with E-state index in [4.69, 9.17) is 5.11 Å². The van der Waals surface area contributed by atoms with Gasteiger partial charge in [-0.15, -0.1) is 24.2 Å². The first kappa shape index (κ1) is 11.8. The van der Waals surface area contributed by atoms with Gasteiger partial charge in [0.05, 0.1) is 5.04 Å². The smallest absolute Gasteiger partial charge is 0.329 e. The number of rotatable bonds is 1. The number of aliphatic carboxylic acids is 1. The van der Waals surface area contributed by atoms with Crippen molar-refractivity contribution in [1.82, 2.24) is 0 Å². The molecule has 0 bridgehead atoms. The van der Waals surface area contributed by atoms with E-state index in [0.29, 0.717) is 0 Å². The molecule has 1 aliphatic rings. The first-order valence-electron chi connectivity index (χ1n) is 3.40. The molecule has 1 rings (SSSR count). The summed E-state index contributed by atoms with van der Waals surface area (Å²) < 4.78 is -0.282. The van der Waals surface area contributed by atoms with Gasteiger partial charge in [0.2, 0.25) is 0 Å². The number of carboxylic acids is 1. The average Bonchev–Trinajstić information content (AvgIpc) is 2.04. The minimum atomic E-state index is -0.834. The summed E-state index contributed by atoms with van der Waals surface area (Å²) in [7, 11) is 0. The van der Waals surface area contributed by atoms with Crippen LogP contribution in [0.15, 0.2) is 4.99 Å². The van der Waals surface area contributed by atoms with Crippen LogP contribution >= 0.6 is 24.2 Å². The zero-order valence-corrected chi connectivity index (χ0v) is 8.83. The van der Waals surface area contributed by atoms with E-state index in [2.05, 4.69) is 4.99 Å². The second-order valence-corrected chi connectivity index (χ2v) is 4.94. The molecule has 0 saturated heterocycles. The predicted octanol–water partition coefficient (Wildman–Crippen LogP) is 1.81. The Bertz CT molecular complexity index is 227. The lowest BCUT2D eigenvalue weighted by Crippen LogP contribution is -2.34. The fourth-order valence-electron chi connectivity index (χ4n) is 1.15. The first-order valence-corrected chi connectivity index (χ1v) is 4.21. The largest absolute Gasteiger partial charge is 0.480 e. The van der Waals surface area contributed by atoms with Crippen LogP contribution in [-0.2, 0) is 4.79 Å². The summed E-state index contributed by atoms with van der Waals surface area (Å²) >= 11 is 1.53.